The van der Waals surface area contributed by atoms with Gasteiger partial charge in [0.1, 0.15) is 11.3 Å². The molecule has 0 aliphatic heterocycles. The largest absolute Gasteiger partial charge is 0.481 e. The maximum Gasteiger partial charge on any atom is 0.309 e. The summed E-state index contributed by atoms with van der Waals surface area (Å²) in [5.41, 5.74) is -7.06. The van der Waals surface area contributed by atoms with Gasteiger partial charge in [0.2, 0.25) is 0 Å². The maximum absolute atomic E-state index is 14.6. The first-order valence-electron chi connectivity index (χ1n) is 5.98. The van der Waals surface area contributed by atoms with Crippen LogP contribution in [0.5, 0.6) is 0 Å². The predicted octanol–water partition coefficient (Wildman–Crippen LogP) is 1.93. The lowest BCUT2D eigenvalue weighted by atomic mass is 9.42. The molecule has 0 aromatic heterocycles. The molecule has 100 valence electrons. The molecule has 4 aliphatic rings. The van der Waals surface area contributed by atoms with Gasteiger partial charge in [0.25, 0.3) is 0 Å². The molecule has 0 saturated heterocycles. The lowest BCUT2D eigenvalue weighted by Gasteiger charge is -2.62. The van der Waals surface area contributed by atoms with E-state index in [1.165, 1.54) is 0 Å². The summed E-state index contributed by atoms with van der Waals surface area (Å²) in [6.07, 6.45) is -1.52. The number of rotatable bonds is 2. The molecule has 0 radical (unpaired) electrons. The van der Waals surface area contributed by atoms with E-state index < -0.39 is 34.1 Å². The predicted molar refractivity (Wildman–Crippen MR) is 55.5 cm³/mol. The molecular formula is C12H14F2O4. The highest BCUT2D eigenvalue weighted by Gasteiger charge is 2.74. The Hall–Kier alpha value is -1.20. The molecule has 18 heavy (non-hydrogen) atoms. The van der Waals surface area contributed by atoms with Gasteiger partial charge in [-0.3, -0.25) is 9.59 Å². The normalized spacial score (nSPS) is 53.4. The summed E-state index contributed by atoms with van der Waals surface area (Å²) >= 11 is 0. The summed E-state index contributed by atoms with van der Waals surface area (Å²) in [7, 11) is 0. The summed E-state index contributed by atoms with van der Waals surface area (Å²) in [5, 5.41) is 18.6. The zero-order valence-electron chi connectivity index (χ0n) is 9.71. The van der Waals surface area contributed by atoms with Crippen LogP contribution in [0.15, 0.2) is 0 Å². The van der Waals surface area contributed by atoms with E-state index in [0.29, 0.717) is 0 Å². The van der Waals surface area contributed by atoms with Crippen molar-refractivity contribution in [2.45, 2.75) is 49.9 Å². The van der Waals surface area contributed by atoms with E-state index in [2.05, 4.69) is 0 Å². The number of carboxylic acid groups (broad SMARTS) is 2. The number of carboxylic acids is 2. The van der Waals surface area contributed by atoms with Gasteiger partial charge in [0, 0.05) is 6.42 Å². The Labute approximate surface area is 102 Å². The van der Waals surface area contributed by atoms with E-state index >= 15 is 0 Å². The monoisotopic (exact) mass is 260 g/mol. The summed E-state index contributed by atoms with van der Waals surface area (Å²) in [6.45, 7) is 0. The quantitative estimate of drug-likeness (QED) is 0.795. The van der Waals surface area contributed by atoms with Crippen molar-refractivity contribution in [1.29, 1.82) is 0 Å². The summed E-state index contributed by atoms with van der Waals surface area (Å²) < 4.78 is 29.1. The number of aliphatic carboxylic acids is 2. The third-order valence-electron chi connectivity index (χ3n) is 4.84. The van der Waals surface area contributed by atoms with E-state index in [4.69, 9.17) is 0 Å². The molecule has 4 nitrogen and oxygen atoms in total. The number of hydrogen-bond acceptors (Lipinski definition) is 2. The van der Waals surface area contributed by atoms with Crippen molar-refractivity contribution in [3.63, 3.8) is 0 Å². The van der Waals surface area contributed by atoms with E-state index in [9.17, 15) is 28.6 Å². The molecule has 6 heteroatoms. The molecule has 4 bridgehead atoms. The Bertz CT molecular complexity index is 407. The van der Waals surface area contributed by atoms with E-state index in [1.54, 1.807) is 0 Å². The average Bonchev–Trinajstić information content (AvgIpc) is 2.10. The van der Waals surface area contributed by atoms with Crippen molar-refractivity contribution in [3.05, 3.63) is 0 Å². The lowest BCUT2D eigenvalue weighted by Crippen LogP contribution is -2.67. The fourth-order valence-electron chi connectivity index (χ4n) is 4.85. The molecule has 4 saturated carbocycles. The van der Waals surface area contributed by atoms with Crippen molar-refractivity contribution in [2.75, 3.05) is 0 Å². The standard InChI is InChI=1S/C12H14F2O4/c13-11-2-9(7(15)16)1-10(4-11,8(17)18)5-12(14,3-9)6-11/h1-6H2,(H,15,16)(H,17,18). The van der Waals surface area contributed by atoms with Crippen molar-refractivity contribution < 1.29 is 28.6 Å². The minimum atomic E-state index is -1.99. The maximum atomic E-state index is 14.6. The molecular weight excluding hydrogens is 246 g/mol. The van der Waals surface area contributed by atoms with Gasteiger partial charge in [-0.2, -0.15) is 0 Å². The third-order valence-corrected chi connectivity index (χ3v) is 4.84. The number of carbonyl (C=O) groups is 2. The topological polar surface area (TPSA) is 74.6 Å². The van der Waals surface area contributed by atoms with Crippen molar-refractivity contribution in [3.8, 4) is 0 Å². The molecule has 0 aromatic carbocycles. The van der Waals surface area contributed by atoms with Crippen LogP contribution >= 0.6 is 0 Å². The van der Waals surface area contributed by atoms with Gasteiger partial charge in [-0.05, 0) is 32.1 Å². The molecule has 4 rings (SSSR count). The average molecular weight is 260 g/mol. The van der Waals surface area contributed by atoms with Crippen LogP contribution in [0.25, 0.3) is 0 Å². The first-order valence-corrected chi connectivity index (χ1v) is 5.98. The van der Waals surface area contributed by atoms with Gasteiger partial charge >= 0.3 is 11.9 Å². The van der Waals surface area contributed by atoms with Crippen LogP contribution in [-0.2, 0) is 9.59 Å². The van der Waals surface area contributed by atoms with E-state index in [0.717, 1.165) is 0 Å². The van der Waals surface area contributed by atoms with E-state index in [1.807, 2.05) is 0 Å². The van der Waals surface area contributed by atoms with Crippen molar-refractivity contribution >= 4 is 11.9 Å². The molecule has 0 atom stereocenters. The van der Waals surface area contributed by atoms with Crippen LogP contribution in [0.1, 0.15) is 38.5 Å². The Morgan fingerprint density at radius 3 is 1.33 bits per heavy atom. The van der Waals surface area contributed by atoms with Crippen LogP contribution < -0.4 is 0 Å². The van der Waals surface area contributed by atoms with Crippen LogP contribution in [0.4, 0.5) is 8.78 Å². The minimum absolute atomic E-state index is 0.151. The molecule has 4 fully saturated rings. The summed E-state index contributed by atoms with van der Waals surface area (Å²) in [6, 6.07) is 0. The Kier molecular flexibility index (Phi) is 1.88. The third kappa shape index (κ3) is 1.29. The SMILES string of the molecule is O=C(O)C12CC3(F)CC(F)(C1)CC(C(=O)O)(C3)C2. The number of alkyl halides is 2. The van der Waals surface area contributed by atoms with Gasteiger partial charge in [0.15, 0.2) is 0 Å². The first kappa shape index (κ1) is 11.9. The first-order chi connectivity index (χ1) is 8.13. The summed E-state index contributed by atoms with van der Waals surface area (Å²) in [5.74, 6) is -2.53. The van der Waals surface area contributed by atoms with Gasteiger partial charge in [-0.1, -0.05) is 0 Å². The lowest BCUT2D eigenvalue weighted by molar-refractivity contribution is -0.227. The second-order valence-electron chi connectivity index (χ2n) is 6.53. The fraction of sp³-hybridized carbons (Fsp3) is 0.833. The Balaban J connectivity index is 2.15. The highest BCUT2D eigenvalue weighted by molar-refractivity contribution is 5.82. The van der Waals surface area contributed by atoms with E-state index in [-0.39, 0.29) is 38.5 Å². The molecule has 0 aromatic rings. The Morgan fingerprint density at radius 2 is 1.06 bits per heavy atom. The minimum Gasteiger partial charge on any atom is -0.481 e. The van der Waals surface area contributed by atoms with Crippen LogP contribution in [-0.4, -0.2) is 33.5 Å². The molecule has 2 N–H and O–H groups in total. The van der Waals surface area contributed by atoms with Gasteiger partial charge in [0.05, 0.1) is 10.8 Å². The van der Waals surface area contributed by atoms with Gasteiger partial charge < -0.3 is 10.2 Å². The van der Waals surface area contributed by atoms with Crippen LogP contribution in [0, 0.1) is 10.8 Å². The second kappa shape index (κ2) is 2.86. The van der Waals surface area contributed by atoms with Crippen molar-refractivity contribution in [2.24, 2.45) is 10.8 Å². The van der Waals surface area contributed by atoms with Crippen molar-refractivity contribution in [1.82, 2.24) is 0 Å². The van der Waals surface area contributed by atoms with Gasteiger partial charge in [-0.15, -0.1) is 0 Å². The van der Waals surface area contributed by atoms with Gasteiger partial charge in [-0.25, -0.2) is 8.78 Å². The highest BCUT2D eigenvalue weighted by Crippen LogP contribution is 2.70. The molecule has 0 unspecified atom stereocenters. The second-order valence-corrected chi connectivity index (χ2v) is 6.53. The number of halogens is 2. The highest BCUT2D eigenvalue weighted by atomic mass is 19.2. The molecule has 0 heterocycles. The summed E-state index contributed by atoms with van der Waals surface area (Å²) in [4.78, 5) is 22.8. The molecule has 4 aliphatic carbocycles. The zero-order valence-corrected chi connectivity index (χ0v) is 9.71. The van der Waals surface area contributed by atoms with Crippen LogP contribution in [0.2, 0.25) is 0 Å². The Morgan fingerprint density at radius 1 is 0.722 bits per heavy atom. The molecule has 0 spiro atoms. The zero-order chi connectivity index (χ0) is 13.4. The molecule has 0 amide bonds. The smallest absolute Gasteiger partial charge is 0.309 e. The fourth-order valence-corrected chi connectivity index (χ4v) is 4.85. The number of hydrogen-bond donors (Lipinski definition) is 2. The van der Waals surface area contributed by atoms with Crippen LogP contribution in [0.3, 0.4) is 0 Å².